The van der Waals surface area contributed by atoms with E-state index in [2.05, 4.69) is 26.3 Å². The number of nitrogens with one attached hydrogen (secondary N) is 1. The lowest BCUT2D eigenvalue weighted by atomic mass is 10.2. The summed E-state index contributed by atoms with van der Waals surface area (Å²) in [4.78, 5) is 12.0. The third kappa shape index (κ3) is 2.72. The summed E-state index contributed by atoms with van der Waals surface area (Å²) in [6.45, 7) is 0.690. The zero-order chi connectivity index (χ0) is 13.0. The number of nitrogens with zero attached hydrogens (tertiary/aromatic N) is 2. The van der Waals surface area contributed by atoms with Gasteiger partial charge in [-0.2, -0.15) is 5.10 Å². The molecule has 5 heteroatoms. The number of aryl methyl sites for hydroxylation is 1. The Balaban J connectivity index is 2.13. The van der Waals surface area contributed by atoms with Crippen LogP contribution in [0.2, 0.25) is 0 Å². The minimum absolute atomic E-state index is 0.0960. The number of hydrogen-bond donors (Lipinski definition) is 1. The normalized spacial score (nSPS) is 10.8. The molecule has 0 aliphatic carbocycles. The van der Waals surface area contributed by atoms with Crippen LogP contribution in [0.1, 0.15) is 23.3 Å². The van der Waals surface area contributed by atoms with Gasteiger partial charge in [-0.25, -0.2) is 0 Å². The Morgan fingerprint density at radius 2 is 2.17 bits per heavy atom. The molecule has 1 aromatic carbocycles. The molecule has 0 spiro atoms. The Hall–Kier alpha value is -1.36. The predicted molar refractivity (Wildman–Crippen MR) is 76.1 cm³/mol. The van der Waals surface area contributed by atoms with E-state index in [9.17, 15) is 4.79 Å². The topological polar surface area (TPSA) is 46.9 Å². The molecule has 0 bridgehead atoms. The lowest BCUT2D eigenvalue weighted by Gasteiger charge is -2.02. The van der Waals surface area contributed by atoms with Crippen molar-refractivity contribution in [1.29, 1.82) is 0 Å². The molecule has 0 radical (unpaired) electrons. The maximum atomic E-state index is 12.0. The molecule has 2 aromatic rings. The second-order valence-electron chi connectivity index (χ2n) is 4.14. The highest BCUT2D eigenvalue weighted by atomic mass is 79.9. The van der Waals surface area contributed by atoms with E-state index in [1.807, 2.05) is 31.3 Å². The summed E-state index contributed by atoms with van der Waals surface area (Å²) in [6, 6.07) is 7.76. The first-order valence-corrected chi connectivity index (χ1v) is 7.12. The molecule has 4 nitrogen and oxygen atoms in total. The molecule has 0 fully saturated rings. The van der Waals surface area contributed by atoms with Gasteiger partial charge < -0.3 is 5.32 Å². The highest BCUT2D eigenvalue weighted by Crippen LogP contribution is 2.17. The Kier molecular flexibility index (Phi) is 4.36. The van der Waals surface area contributed by atoms with Crippen LogP contribution in [0.15, 0.2) is 24.3 Å². The number of rotatable bonds is 5. The molecule has 0 saturated carbocycles. The van der Waals surface area contributed by atoms with Gasteiger partial charge in [-0.3, -0.25) is 9.48 Å². The van der Waals surface area contributed by atoms with Crippen molar-refractivity contribution >= 4 is 32.7 Å². The van der Waals surface area contributed by atoms with Gasteiger partial charge in [-0.15, -0.1) is 0 Å². The molecule has 0 aliphatic rings. The number of halogens is 1. The van der Waals surface area contributed by atoms with Gasteiger partial charge in [0.1, 0.15) is 0 Å². The van der Waals surface area contributed by atoms with Crippen molar-refractivity contribution in [2.24, 2.45) is 7.05 Å². The van der Waals surface area contributed by atoms with Crippen molar-refractivity contribution in [1.82, 2.24) is 15.1 Å². The van der Waals surface area contributed by atoms with E-state index in [-0.39, 0.29) is 5.91 Å². The minimum atomic E-state index is -0.0960. The third-order valence-electron chi connectivity index (χ3n) is 2.82. The molecular weight excluding hydrogens is 294 g/mol. The summed E-state index contributed by atoms with van der Waals surface area (Å²) < 4.78 is 1.74. The molecular formula is C13H16BrN3O. The maximum absolute atomic E-state index is 12.0. The van der Waals surface area contributed by atoms with E-state index in [1.54, 1.807) is 4.68 Å². The molecule has 0 atom stereocenters. The van der Waals surface area contributed by atoms with E-state index in [0.29, 0.717) is 12.2 Å². The van der Waals surface area contributed by atoms with Crippen molar-refractivity contribution in [3.05, 3.63) is 30.0 Å². The van der Waals surface area contributed by atoms with E-state index >= 15 is 0 Å². The second kappa shape index (κ2) is 6.00. The lowest BCUT2D eigenvalue weighted by Crippen LogP contribution is -2.25. The molecule has 18 heavy (non-hydrogen) atoms. The van der Waals surface area contributed by atoms with Crippen LogP contribution in [-0.4, -0.2) is 27.6 Å². The van der Waals surface area contributed by atoms with Gasteiger partial charge in [0.15, 0.2) is 5.69 Å². The summed E-state index contributed by atoms with van der Waals surface area (Å²) in [6.07, 6.45) is 2.03. The number of alkyl halides is 1. The first-order chi connectivity index (χ1) is 8.74. The second-order valence-corrected chi connectivity index (χ2v) is 4.93. The average molecular weight is 310 g/mol. The first kappa shape index (κ1) is 13.1. The number of aromatic nitrogens is 2. The van der Waals surface area contributed by atoms with E-state index < -0.39 is 0 Å². The van der Waals surface area contributed by atoms with E-state index in [1.165, 1.54) is 0 Å². The highest BCUT2D eigenvalue weighted by molar-refractivity contribution is 9.09. The van der Waals surface area contributed by atoms with Crippen molar-refractivity contribution < 1.29 is 4.79 Å². The number of para-hydroxylation sites is 1. The zero-order valence-electron chi connectivity index (χ0n) is 10.3. The molecule has 0 unspecified atom stereocenters. The van der Waals surface area contributed by atoms with E-state index in [4.69, 9.17) is 0 Å². The van der Waals surface area contributed by atoms with Crippen LogP contribution >= 0.6 is 15.9 Å². The van der Waals surface area contributed by atoms with Crippen LogP contribution in [0, 0.1) is 0 Å². The van der Waals surface area contributed by atoms with Crippen LogP contribution in [0.3, 0.4) is 0 Å². The van der Waals surface area contributed by atoms with Gasteiger partial charge >= 0.3 is 0 Å². The molecule has 1 amide bonds. The van der Waals surface area contributed by atoms with Crippen molar-refractivity contribution in [3.63, 3.8) is 0 Å². The average Bonchev–Trinajstić information content (AvgIpc) is 2.73. The van der Waals surface area contributed by atoms with Crippen molar-refractivity contribution in [3.8, 4) is 0 Å². The van der Waals surface area contributed by atoms with Gasteiger partial charge in [0.05, 0.1) is 5.52 Å². The van der Waals surface area contributed by atoms with Crippen LogP contribution in [0.5, 0.6) is 0 Å². The highest BCUT2D eigenvalue weighted by Gasteiger charge is 2.14. The summed E-state index contributed by atoms with van der Waals surface area (Å²) in [7, 11) is 1.85. The number of fused-ring (bicyclic) bond motifs is 1. The molecule has 1 aromatic heterocycles. The fraction of sp³-hybridized carbons (Fsp3) is 0.385. The number of carbonyl (C=O) groups excluding carboxylic acids is 1. The summed E-state index contributed by atoms with van der Waals surface area (Å²) in [5.41, 5.74) is 1.48. The van der Waals surface area contributed by atoms with E-state index in [0.717, 1.165) is 29.1 Å². The maximum Gasteiger partial charge on any atom is 0.272 e. The first-order valence-electron chi connectivity index (χ1n) is 6.00. The van der Waals surface area contributed by atoms with Crippen LogP contribution in [0.4, 0.5) is 0 Å². The van der Waals surface area contributed by atoms with Crippen LogP contribution in [-0.2, 0) is 7.05 Å². The zero-order valence-corrected chi connectivity index (χ0v) is 11.9. The Morgan fingerprint density at radius 3 is 2.94 bits per heavy atom. The van der Waals surface area contributed by atoms with Gasteiger partial charge in [-0.05, 0) is 18.9 Å². The Morgan fingerprint density at radius 1 is 1.39 bits per heavy atom. The fourth-order valence-electron chi connectivity index (χ4n) is 1.89. The van der Waals surface area contributed by atoms with Crippen LogP contribution < -0.4 is 5.32 Å². The summed E-state index contributed by atoms with van der Waals surface area (Å²) in [5.74, 6) is -0.0960. The molecule has 0 saturated heterocycles. The number of amides is 1. The summed E-state index contributed by atoms with van der Waals surface area (Å²) in [5, 5.41) is 9.06. The standard InChI is InChI=1S/C13H16BrN3O/c1-17-11-7-3-2-6-10(11)12(16-17)13(18)15-9-5-4-8-14/h2-3,6-7H,4-5,8-9H2,1H3,(H,15,18). The van der Waals surface area contributed by atoms with Gasteiger partial charge in [0.2, 0.25) is 0 Å². The van der Waals surface area contributed by atoms with Gasteiger partial charge in [-0.1, -0.05) is 34.1 Å². The summed E-state index contributed by atoms with van der Waals surface area (Å²) >= 11 is 3.37. The molecule has 2 rings (SSSR count). The number of benzene rings is 1. The Bertz CT molecular complexity index is 550. The SMILES string of the molecule is Cn1nc(C(=O)NCCCCBr)c2ccccc21. The molecule has 96 valence electrons. The fourth-order valence-corrected chi connectivity index (χ4v) is 2.28. The minimum Gasteiger partial charge on any atom is -0.351 e. The number of hydrogen-bond acceptors (Lipinski definition) is 2. The van der Waals surface area contributed by atoms with Crippen molar-refractivity contribution in [2.75, 3.05) is 11.9 Å². The third-order valence-corrected chi connectivity index (χ3v) is 3.38. The monoisotopic (exact) mass is 309 g/mol. The van der Waals surface area contributed by atoms with Crippen molar-refractivity contribution in [2.45, 2.75) is 12.8 Å². The number of carbonyl (C=O) groups is 1. The molecule has 0 aliphatic heterocycles. The molecule has 1 N–H and O–H groups in total. The lowest BCUT2D eigenvalue weighted by molar-refractivity contribution is 0.0949. The number of unbranched alkanes of at least 4 members (excludes halogenated alkanes) is 1. The van der Waals surface area contributed by atoms with Gasteiger partial charge in [0, 0.05) is 24.3 Å². The predicted octanol–water partition coefficient (Wildman–Crippen LogP) is 2.48. The van der Waals surface area contributed by atoms with Crippen LogP contribution in [0.25, 0.3) is 10.9 Å². The largest absolute Gasteiger partial charge is 0.351 e. The van der Waals surface area contributed by atoms with Gasteiger partial charge in [0.25, 0.3) is 5.91 Å². The smallest absolute Gasteiger partial charge is 0.272 e. The quantitative estimate of drug-likeness (QED) is 0.681. The molecule has 1 heterocycles. The Labute approximate surface area is 114 Å².